The molecule has 98 valence electrons. The summed E-state index contributed by atoms with van der Waals surface area (Å²) in [6.45, 7) is 1.87. The van der Waals surface area contributed by atoms with E-state index in [0.717, 1.165) is 35.2 Å². The molecule has 1 aliphatic carbocycles. The highest BCUT2D eigenvalue weighted by atomic mass is 19.1. The molecule has 0 radical (unpaired) electrons. The van der Waals surface area contributed by atoms with Crippen molar-refractivity contribution < 1.29 is 8.78 Å². The predicted octanol–water partition coefficient (Wildman–Crippen LogP) is 4.37. The van der Waals surface area contributed by atoms with Crippen LogP contribution in [0.2, 0.25) is 0 Å². The van der Waals surface area contributed by atoms with Crippen molar-refractivity contribution in [2.75, 3.05) is 5.32 Å². The monoisotopic (exact) mass is 259 g/mol. The summed E-state index contributed by atoms with van der Waals surface area (Å²) in [7, 11) is 0. The number of aryl methyl sites for hydroxylation is 2. The Hall–Kier alpha value is -1.90. The highest BCUT2D eigenvalue weighted by molar-refractivity contribution is 5.50. The van der Waals surface area contributed by atoms with Crippen molar-refractivity contribution in [3.05, 3.63) is 64.7 Å². The van der Waals surface area contributed by atoms with E-state index < -0.39 is 0 Å². The zero-order valence-electron chi connectivity index (χ0n) is 10.7. The van der Waals surface area contributed by atoms with Gasteiger partial charge in [0.15, 0.2) is 0 Å². The summed E-state index contributed by atoms with van der Waals surface area (Å²) >= 11 is 0. The van der Waals surface area contributed by atoms with Gasteiger partial charge in [-0.2, -0.15) is 0 Å². The first-order valence-corrected chi connectivity index (χ1v) is 6.44. The molecule has 19 heavy (non-hydrogen) atoms. The Labute approximate surface area is 111 Å². The van der Waals surface area contributed by atoms with Crippen LogP contribution in [0.3, 0.4) is 0 Å². The Morgan fingerprint density at radius 1 is 1.05 bits per heavy atom. The van der Waals surface area contributed by atoms with Crippen LogP contribution in [0.5, 0.6) is 0 Å². The smallest absolute Gasteiger partial charge is 0.125 e. The van der Waals surface area contributed by atoms with E-state index >= 15 is 0 Å². The van der Waals surface area contributed by atoms with Crippen LogP contribution in [0.25, 0.3) is 0 Å². The van der Waals surface area contributed by atoms with Crippen molar-refractivity contribution in [3.8, 4) is 0 Å². The lowest BCUT2D eigenvalue weighted by atomic mass is 10.1. The fourth-order valence-electron chi connectivity index (χ4n) is 2.76. The Kier molecular flexibility index (Phi) is 2.97. The van der Waals surface area contributed by atoms with E-state index in [1.54, 1.807) is 6.07 Å². The maximum Gasteiger partial charge on any atom is 0.125 e. The van der Waals surface area contributed by atoms with Crippen molar-refractivity contribution in [1.29, 1.82) is 0 Å². The van der Waals surface area contributed by atoms with Gasteiger partial charge in [-0.1, -0.05) is 6.07 Å². The van der Waals surface area contributed by atoms with E-state index in [0.29, 0.717) is 0 Å². The minimum Gasteiger partial charge on any atom is -0.378 e. The summed E-state index contributed by atoms with van der Waals surface area (Å²) < 4.78 is 26.5. The molecule has 0 aromatic heterocycles. The van der Waals surface area contributed by atoms with E-state index in [4.69, 9.17) is 0 Å². The molecule has 0 aliphatic heterocycles. The number of halogens is 2. The second kappa shape index (κ2) is 4.65. The van der Waals surface area contributed by atoms with E-state index in [1.165, 1.54) is 18.2 Å². The molecular formula is C16H15F2N. The number of rotatable bonds is 2. The van der Waals surface area contributed by atoms with Crippen LogP contribution in [0, 0.1) is 18.6 Å². The molecule has 0 spiro atoms. The molecule has 3 rings (SSSR count). The maximum absolute atomic E-state index is 13.4. The van der Waals surface area contributed by atoms with Crippen LogP contribution < -0.4 is 5.32 Å². The SMILES string of the molecule is Cc1cc(F)cc(NC2CCc3cc(F)ccc32)c1. The van der Waals surface area contributed by atoms with E-state index in [-0.39, 0.29) is 17.7 Å². The van der Waals surface area contributed by atoms with E-state index in [2.05, 4.69) is 5.32 Å². The summed E-state index contributed by atoms with van der Waals surface area (Å²) in [5.74, 6) is -0.430. The van der Waals surface area contributed by atoms with Gasteiger partial charge in [-0.3, -0.25) is 0 Å². The van der Waals surface area contributed by atoms with Gasteiger partial charge >= 0.3 is 0 Å². The molecule has 0 amide bonds. The van der Waals surface area contributed by atoms with Crippen molar-refractivity contribution in [1.82, 2.24) is 0 Å². The summed E-state index contributed by atoms with van der Waals surface area (Å²) in [5.41, 5.74) is 3.83. The fraction of sp³-hybridized carbons (Fsp3) is 0.250. The first-order valence-electron chi connectivity index (χ1n) is 6.44. The highest BCUT2D eigenvalue weighted by Crippen LogP contribution is 2.34. The topological polar surface area (TPSA) is 12.0 Å². The summed E-state index contributed by atoms with van der Waals surface area (Å²) in [4.78, 5) is 0. The third-order valence-electron chi connectivity index (χ3n) is 3.57. The number of benzene rings is 2. The maximum atomic E-state index is 13.4. The lowest BCUT2D eigenvalue weighted by Crippen LogP contribution is -2.07. The first kappa shape index (κ1) is 12.2. The molecule has 0 saturated carbocycles. The number of hydrogen-bond donors (Lipinski definition) is 1. The molecule has 3 heteroatoms. The van der Waals surface area contributed by atoms with Gasteiger partial charge in [0, 0.05) is 5.69 Å². The Bertz CT molecular complexity index is 602. The molecule has 1 aliphatic rings. The molecule has 2 aromatic carbocycles. The van der Waals surface area contributed by atoms with Crippen LogP contribution in [-0.4, -0.2) is 0 Å². The lowest BCUT2D eigenvalue weighted by molar-refractivity contribution is 0.626. The predicted molar refractivity (Wildman–Crippen MR) is 72.2 cm³/mol. The van der Waals surface area contributed by atoms with Gasteiger partial charge in [0.1, 0.15) is 11.6 Å². The van der Waals surface area contributed by atoms with Crippen LogP contribution in [0.4, 0.5) is 14.5 Å². The third kappa shape index (κ3) is 2.46. The largest absolute Gasteiger partial charge is 0.378 e. The second-order valence-corrected chi connectivity index (χ2v) is 5.10. The number of nitrogens with one attached hydrogen (secondary N) is 1. The van der Waals surface area contributed by atoms with Gasteiger partial charge in [-0.05, 0) is 66.8 Å². The number of hydrogen-bond acceptors (Lipinski definition) is 1. The van der Waals surface area contributed by atoms with Crippen molar-refractivity contribution in [2.24, 2.45) is 0 Å². The van der Waals surface area contributed by atoms with Gasteiger partial charge in [-0.15, -0.1) is 0 Å². The average molecular weight is 259 g/mol. The summed E-state index contributed by atoms with van der Waals surface area (Å²) in [6.07, 6.45) is 1.77. The Morgan fingerprint density at radius 2 is 1.89 bits per heavy atom. The van der Waals surface area contributed by atoms with E-state index in [9.17, 15) is 8.78 Å². The summed E-state index contributed by atoms with van der Waals surface area (Å²) in [6, 6.07) is 9.95. The first-order chi connectivity index (χ1) is 9.11. The molecule has 2 aromatic rings. The van der Waals surface area contributed by atoms with Gasteiger partial charge < -0.3 is 5.32 Å². The molecule has 0 fully saturated rings. The van der Waals surface area contributed by atoms with Gasteiger partial charge in [-0.25, -0.2) is 8.78 Å². The van der Waals surface area contributed by atoms with Crippen LogP contribution in [-0.2, 0) is 6.42 Å². The quantitative estimate of drug-likeness (QED) is 0.844. The van der Waals surface area contributed by atoms with Gasteiger partial charge in [0.05, 0.1) is 6.04 Å². The molecule has 1 atom stereocenters. The van der Waals surface area contributed by atoms with Crippen molar-refractivity contribution >= 4 is 5.69 Å². The zero-order chi connectivity index (χ0) is 13.4. The summed E-state index contributed by atoms with van der Waals surface area (Å²) in [5, 5.41) is 3.34. The Morgan fingerprint density at radius 3 is 2.68 bits per heavy atom. The van der Waals surface area contributed by atoms with Gasteiger partial charge in [0.25, 0.3) is 0 Å². The van der Waals surface area contributed by atoms with Crippen molar-refractivity contribution in [2.45, 2.75) is 25.8 Å². The minimum atomic E-state index is -0.236. The average Bonchev–Trinajstić information content (AvgIpc) is 2.70. The molecular weight excluding hydrogens is 244 g/mol. The van der Waals surface area contributed by atoms with Gasteiger partial charge in [0.2, 0.25) is 0 Å². The standard InChI is InChI=1S/C16H15F2N/c1-10-6-13(18)9-14(7-10)19-16-5-2-11-8-12(17)3-4-15(11)16/h3-4,6-9,16,19H,2,5H2,1H3. The minimum absolute atomic E-state index is 0.136. The van der Waals surface area contributed by atoms with Crippen LogP contribution in [0.1, 0.15) is 29.2 Å². The molecule has 0 heterocycles. The molecule has 0 bridgehead atoms. The zero-order valence-corrected chi connectivity index (χ0v) is 10.7. The second-order valence-electron chi connectivity index (χ2n) is 5.10. The van der Waals surface area contributed by atoms with Crippen molar-refractivity contribution in [3.63, 3.8) is 0 Å². The molecule has 1 unspecified atom stereocenters. The number of anilines is 1. The molecule has 1 N–H and O–H groups in total. The lowest BCUT2D eigenvalue weighted by Gasteiger charge is -2.16. The fourth-order valence-corrected chi connectivity index (χ4v) is 2.76. The number of fused-ring (bicyclic) bond motifs is 1. The normalized spacial score (nSPS) is 17.3. The van der Waals surface area contributed by atoms with E-state index in [1.807, 2.05) is 19.1 Å². The highest BCUT2D eigenvalue weighted by Gasteiger charge is 2.22. The van der Waals surface area contributed by atoms with Crippen LogP contribution in [0.15, 0.2) is 36.4 Å². The third-order valence-corrected chi connectivity index (χ3v) is 3.57. The Balaban J connectivity index is 1.86. The van der Waals surface area contributed by atoms with Crippen LogP contribution >= 0.6 is 0 Å². The molecule has 0 saturated heterocycles. The molecule has 1 nitrogen and oxygen atoms in total.